The first-order valence-corrected chi connectivity index (χ1v) is 6.94. The molecule has 9 heteroatoms. The van der Waals surface area contributed by atoms with Crippen LogP contribution in [-0.4, -0.2) is 15.9 Å². The van der Waals surface area contributed by atoms with Crippen LogP contribution in [0.4, 0.5) is 20.2 Å². The molecule has 0 saturated carbocycles. The Bertz CT molecular complexity index is 822. The van der Waals surface area contributed by atoms with Gasteiger partial charge in [-0.25, -0.2) is 8.78 Å². The fraction of sp³-hybridized carbons (Fsp3) is 0.133. The van der Waals surface area contributed by atoms with Gasteiger partial charge in [0.05, 0.1) is 21.2 Å². The van der Waals surface area contributed by atoms with E-state index in [1.54, 1.807) is 0 Å². The number of nitro groups is 1. The predicted molar refractivity (Wildman–Crippen MR) is 83.7 cm³/mol. The number of phenols is 1. The zero-order valence-electron chi connectivity index (χ0n) is 12.2. The fourth-order valence-electron chi connectivity index (χ4n) is 1.94. The van der Waals surface area contributed by atoms with E-state index in [9.17, 15) is 28.8 Å². The fourth-order valence-corrected chi connectivity index (χ4v) is 2.17. The number of phenolic OH excluding ortho intramolecular Hbond substituents is 1. The van der Waals surface area contributed by atoms with Crippen molar-refractivity contribution < 1.29 is 23.6 Å². The molecule has 0 aliphatic heterocycles. The van der Waals surface area contributed by atoms with Crippen LogP contribution in [0.2, 0.25) is 5.02 Å². The summed E-state index contributed by atoms with van der Waals surface area (Å²) in [5.74, 6) is -4.76. The van der Waals surface area contributed by atoms with Gasteiger partial charge >= 0.3 is 5.69 Å². The highest BCUT2D eigenvalue weighted by Crippen LogP contribution is 2.34. The number of nitro benzene ring substituents is 1. The number of hydrogen-bond donors (Lipinski definition) is 2. The number of nitrogens with one attached hydrogen (secondary N) is 1. The van der Waals surface area contributed by atoms with Gasteiger partial charge in [0.25, 0.3) is 11.8 Å². The number of alkyl halides is 2. The summed E-state index contributed by atoms with van der Waals surface area (Å²) in [7, 11) is 0. The normalized spacial score (nSPS) is 11.2. The van der Waals surface area contributed by atoms with Crippen LogP contribution in [0.5, 0.6) is 5.75 Å². The number of rotatable bonds is 4. The third-order valence-electron chi connectivity index (χ3n) is 3.18. The van der Waals surface area contributed by atoms with Crippen molar-refractivity contribution in [1.29, 1.82) is 0 Å². The van der Waals surface area contributed by atoms with Crippen LogP contribution in [-0.2, 0) is 5.92 Å². The van der Waals surface area contributed by atoms with Crippen molar-refractivity contribution in [2.45, 2.75) is 12.8 Å². The van der Waals surface area contributed by atoms with Crippen molar-refractivity contribution in [2.24, 2.45) is 0 Å². The van der Waals surface area contributed by atoms with Crippen molar-refractivity contribution in [1.82, 2.24) is 0 Å². The van der Waals surface area contributed by atoms with Crippen molar-refractivity contribution in [2.75, 3.05) is 5.32 Å². The molecule has 126 valence electrons. The highest BCUT2D eigenvalue weighted by atomic mass is 35.5. The smallest absolute Gasteiger partial charge is 0.311 e. The van der Waals surface area contributed by atoms with E-state index in [0.717, 1.165) is 18.2 Å². The maximum absolute atomic E-state index is 13.2. The molecule has 2 rings (SSSR count). The molecule has 2 aromatic carbocycles. The second-order valence-corrected chi connectivity index (χ2v) is 5.37. The van der Waals surface area contributed by atoms with Gasteiger partial charge in [-0.3, -0.25) is 14.9 Å². The number of carbonyl (C=O) groups excluding carboxylic acids is 1. The maximum atomic E-state index is 13.2. The minimum absolute atomic E-state index is 0.0283. The lowest BCUT2D eigenvalue weighted by atomic mass is 10.1. The van der Waals surface area contributed by atoms with Crippen LogP contribution < -0.4 is 5.32 Å². The standard InChI is InChI=1S/C15H11ClF2N2O4/c1-15(17,18)8-5-6-11(10(16)7-8)19-14(22)9-3-2-4-12(13(9)21)20(23)24/h2-7,21H,1H3,(H,19,22). The number of anilines is 1. The Morgan fingerprint density at radius 2 is 2.00 bits per heavy atom. The lowest BCUT2D eigenvalue weighted by Gasteiger charge is -2.13. The number of nitrogens with zero attached hydrogens (tertiary/aromatic N) is 1. The number of amides is 1. The van der Waals surface area contributed by atoms with Gasteiger partial charge in [0, 0.05) is 18.6 Å². The summed E-state index contributed by atoms with van der Waals surface area (Å²) in [4.78, 5) is 22.1. The van der Waals surface area contributed by atoms with Crippen molar-refractivity contribution in [3.05, 3.63) is 62.7 Å². The lowest BCUT2D eigenvalue weighted by molar-refractivity contribution is -0.385. The van der Waals surface area contributed by atoms with Gasteiger partial charge in [0.15, 0.2) is 0 Å². The number of aromatic hydroxyl groups is 1. The van der Waals surface area contributed by atoms with E-state index in [4.69, 9.17) is 11.6 Å². The second-order valence-electron chi connectivity index (χ2n) is 4.97. The Labute approximate surface area is 139 Å². The molecule has 0 radical (unpaired) electrons. The average molecular weight is 357 g/mol. The van der Waals surface area contributed by atoms with Gasteiger partial charge in [-0.1, -0.05) is 23.7 Å². The molecule has 0 saturated heterocycles. The molecule has 0 aliphatic rings. The van der Waals surface area contributed by atoms with Crippen LogP contribution in [0, 0.1) is 10.1 Å². The van der Waals surface area contributed by atoms with Crippen LogP contribution in [0.3, 0.4) is 0 Å². The van der Waals surface area contributed by atoms with Crippen molar-refractivity contribution in [3.8, 4) is 5.75 Å². The van der Waals surface area contributed by atoms with E-state index < -0.39 is 28.2 Å². The van der Waals surface area contributed by atoms with E-state index >= 15 is 0 Å². The molecule has 0 atom stereocenters. The first-order chi connectivity index (χ1) is 11.1. The summed E-state index contributed by atoms with van der Waals surface area (Å²) in [5.41, 5.74) is -1.27. The Morgan fingerprint density at radius 1 is 1.33 bits per heavy atom. The summed E-state index contributed by atoms with van der Waals surface area (Å²) >= 11 is 5.87. The second kappa shape index (κ2) is 6.40. The zero-order valence-corrected chi connectivity index (χ0v) is 13.0. The molecule has 0 unspecified atom stereocenters. The average Bonchev–Trinajstić information content (AvgIpc) is 2.48. The summed E-state index contributed by atoms with van der Waals surface area (Å²) in [5, 5.41) is 22.7. The minimum Gasteiger partial charge on any atom is -0.502 e. The Balaban J connectivity index is 2.31. The van der Waals surface area contributed by atoms with Crippen LogP contribution in [0.25, 0.3) is 0 Å². The lowest BCUT2D eigenvalue weighted by Crippen LogP contribution is -2.14. The zero-order chi connectivity index (χ0) is 18.1. The van der Waals surface area contributed by atoms with Gasteiger partial charge < -0.3 is 10.4 Å². The molecule has 0 bridgehead atoms. The molecule has 2 aromatic rings. The quantitative estimate of drug-likeness (QED) is 0.630. The Hall–Kier alpha value is -2.74. The largest absolute Gasteiger partial charge is 0.502 e. The molecule has 0 aromatic heterocycles. The van der Waals surface area contributed by atoms with Gasteiger partial charge in [-0.05, 0) is 18.2 Å². The molecule has 0 aliphatic carbocycles. The summed E-state index contributed by atoms with van der Waals surface area (Å²) in [6, 6.07) is 6.73. The molecule has 6 nitrogen and oxygen atoms in total. The highest BCUT2D eigenvalue weighted by Gasteiger charge is 2.26. The van der Waals surface area contributed by atoms with Gasteiger partial charge in [-0.2, -0.15) is 0 Å². The molecule has 1 amide bonds. The van der Waals surface area contributed by atoms with Crippen LogP contribution in [0.15, 0.2) is 36.4 Å². The first-order valence-electron chi connectivity index (χ1n) is 6.57. The summed E-state index contributed by atoms with van der Waals surface area (Å²) in [6.07, 6.45) is 0. The third-order valence-corrected chi connectivity index (χ3v) is 3.49. The molecule has 0 spiro atoms. The molecule has 2 N–H and O–H groups in total. The van der Waals surface area contributed by atoms with Crippen LogP contribution in [0.1, 0.15) is 22.8 Å². The van der Waals surface area contributed by atoms with E-state index in [0.29, 0.717) is 6.92 Å². The van der Waals surface area contributed by atoms with Crippen molar-refractivity contribution in [3.63, 3.8) is 0 Å². The highest BCUT2D eigenvalue weighted by molar-refractivity contribution is 6.34. The number of carbonyl (C=O) groups is 1. The predicted octanol–water partition coefficient (Wildman–Crippen LogP) is 4.32. The molecule has 0 fully saturated rings. The topological polar surface area (TPSA) is 92.5 Å². The molecular weight excluding hydrogens is 346 g/mol. The van der Waals surface area contributed by atoms with Gasteiger partial charge in [-0.15, -0.1) is 0 Å². The number of halogens is 3. The number of para-hydroxylation sites is 1. The van der Waals surface area contributed by atoms with E-state index in [1.807, 2.05) is 0 Å². The van der Waals surface area contributed by atoms with Crippen LogP contribution >= 0.6 is 11.6 Å². The monoisotopic (exact) mass is 356 g/mol. The SMILES string of the molecule is CC(F)(F)c1ccc(NC(=O)c2cccc([N+](=O)[O-])c2O)c(Cl)c1. The third kappa shape index (κ3) is 3.60. The first kappa shape index (κ1) is 17.6. The Morgan fingerprint density at radius 3 is 2.54 bits per heavy atom. The number of hydrogen-bond acceptors (Lipinski definition) is 4. The molecule has 24 heavy (non-hydrogen) atoms. The van der Waals surface area contributed by atoms with Gasteiger partial charge in [0.1, 0.15) is 0 Å². The summed E-state index contributed by atoms with van der Waals surface area (Å²) in [6.45, 7) is 0.706. The Kier molecular flexibility index (Phi) is 4.70. The van der Waals surface area contributed by atoms with E-state index in [2.05, 4.69) is 5.32 Å². The minimum atomic E-state index is -3.09. The maximum Gasteiger partial charge on any atom is 0.311 e. The van der Waals surface area contributed by atoms with Gasteiger partial charge in [0.2, 0.25) is 5.75 Å². The van der Waals surface area contributed by atoms with E-state index in [1.165, 1.54) is 18.2 Å². The molecular formula is C15H11ClF2N2O4. The summed E-state index contributed by atoms with van der Waals surface area (Å²) < 4.78 is 26.4. The van der Waals surface area contributed by atoms with E-state index in [-0.39, 0.29) is 21.8 Å². The molecule has 0 heterocycles. The van der Waals surface area contributed by atoms with Crippen molar-refractivity contribution >= 4 is 28.9 Å². The number of benzene rings is 2.